The molecule has 2 saturated heterocycles. The van der Waals surface area contributed by atoms with Gasteiger partial charge < -0.3 is 10.2 Å². The first-order chi connectivity index (χ1) is 12.9. The van der Waals surface area contributed by atoms with E-state index in [9.17, 15) is 14.9 Å². The number of amides is 1. The SMILES string of the molecule is Cc1c(C(=O)N(C)C2CC3CCC(C2)N3)nnn1-c1cccc([N+](=O)[O-])c1.Cl. The summed E-state index contributed by atoms with van der Waals surface area (Å²) in [6.07, 6.45) is 4.25. The Hall–Kier alpha value is -2.52. The van der Waals surface area contributed by atoms with Gasteiger partial charge in [0, 0.05) is 37.3 Å². The highest BCUT2D eigenvalue weighted by atomic mass is 35.5. The van der Waals surface area contributed by atoms with Crippen LogP contribution >= 0.6 is 12.4 Å². The molecule has 1 aromatic heterocycles. The van der Waals surface area contributed by atoms with Gasteiger partial charge in [0.25, 0.3) is 11.6 Å². The van der Waals surface area contributed by atoms with Gasteiger partial charge in [-0.2, -0.15) is 0 Å². The summed E-state index contributed by atoms with van der Waals surface area (Å²) >= 11 is 0. The van der Waals surface area contributed by atoms with Gasteiger partial charge in [0.15, 0.2) is 5.69 Å². The normalized spacial score (nSPS) is 23.1. The van der Waals surface area contributed by atoms with E-state index in [1.807, 2.05) is 7.05 Å². The van der Waals surface area contributed by atoms with Gasteiger partial charge in [-0.05, 0) is 38.7 Å². The third-order valence-corrected chi connectivity index (χ3v) is 5.70. The smallest absolute Gasteiger partial charge is 0.276 e. The topological polar surface area (TPSA) is 106 Å². The number of carbonyl (C=O) groups excluding carboxylic acids is 1. The molecule has 2 bridgehead atoms. The number of hydrogen-bond donors (Lipinski definition) is 1. The van der Waals surface area contributed by atoms with Crippen LogP contribution in [0.15, 0.2) is 24.3 Å². The van der Waals surface area contributed by atoms with Crippen molar-refractivity contribution in [3.05, 3.63) is 45.8 Å². The molecule has 2 aromatic rings. The molecule has 1 amide bonds. The maximum atomic E-state index is 13.0. The van der Waals surface area contributed by atoms with E-state index in [1.54, 1.807) is 24.0 Å². The number of aromatic nitrogens is 3. The molecule has 2 aliphatic heterocycles. The van der Waals surface area contributed by atoms with E-state index in [2.05, 4.69) is 15.6 Å². The Morgan fingerprint density at radius 3 is 2.64 bits per heavy atom. The van der Waals surface area contributed by atoms with Crippen LogP contribution in [0.1, 0.15) is 41.9 Å². The van der Waals surface area contributed by atoms with Crippen molar-refractivity contribution in [1.82, 2.24) is 25.2 Å². The Bertz CT molecular complexity index is 889. The predicted molar refractivity (Wildman–Crippen MR) is 105 cm³/mol. The molecule has 4 rings (SSSR count). The second-order valence-corrected chi connectivity index (χ2v) is 7.39. The minimum Gasteiger partial charge on any atom is -0.337 e. The molecule has 0 radical (unpaired) electrons. The van der Waals surface area contributed by atoms with E-state index < -0.39 is 4.92 Å². The molecule has 2 fully saturated rings. The molecule has 2 unspecified atom stereocenters. The lowest BCUT2D eigenvalue weighted by Gasteiger charge is -2.35. The number of nitro groups is 1. The Morgan fingerprint density at radius 1 is 1.32 bits per heavy atom. The summed E-state index contributed by atoms with van der Waals surface area (Å²) in [5.41, 5.74) is 1.34. The number of nitro benzene ring substituents is 1. The lowest BCUT2D eigenvalue weighted by Crippen LogP contribution is -2.48. The van der Waals surface area contributed by atoms with Crippen LogP contribution in [0.3, 0.4) is 0 Å². The minimum absolute atomic E-state index is 0. The van der Waals surface area contributed by atoms with Gasteiger partial charge >= 0.3 is 0 Å². The molecule has 3 heterocycles. The van der Waals surface area contributed by atoms with Crippen molar-refractivity contribution in [1.29, 1.82) is 0 Å². The monoisotopic (exact) mass is 406 g/mol. The summed E-state index contributed by atoms with van der Waals surface area (Å²) in [6, 6.07) is 7.31. The van der Waals surface area contributed by atoms with Crippen molar-refractivity contribution in [3.63, 3.8) is 0 Å². The molecular formula is C18H23ClN6O3. The van der Waals surface area contributed by atoms with Crippen molar-refractivity contribution in [2.75, 3.05) is 7.05 Å². The molecule has 2 atom stereocenters. The number of halogens is 1. The molecule has 0 aliphatic carbocycles. The Morgan fingerprint density at radius 2 is 2.00 bits per heavy atom. The number of benzene rings is 1. The Kier molecular flexibility index (Phi) is 5.66. The lowest BCUT2D eigenvalue weighted by atomic mass is 9.98. The lowest BCUT2D eigenvalue weighted by molar-refractivity contribution is -0.384. The van der Waals surface area contributed by atoms with Crippen LogP contribution in [0.4, 0.5) is 5.69 Å². The zero-order valence-electron chi connectivity index (χ0n) is 15.7. The van der Waals surface area contributed by atoms with Crippen LogP contribution in [-0.2, 0) is 0 Å². The summed E-state index contributed by atoms with van der Waals surface area (Å²) in [5.74, 6) is -0.157. The van der Waals surface area contributed by atoms with Gasteiger partial charge in [-0.15, -0.1) is 17.5 Å². The molecular weight excluding hydrogens is 384 g/mol. The van der Waals surface area contributed by atoms with E-state index in [4.69, 9.17) is 0 Å². The fourth-order valence-corrected chi connectivity index (χ4v) is 4.19. The average molecular weight is 407 g/mol. The maximum absolute atomic E-state index is 13.0. The summed E-state index contributed by atoms with van der Waals surface area (Å²) in [6.45, 7) is 1.76. The first-order valence-corrected chi connectivity index (χ1v) is 9.14. The first-order valence-electron chi connectivity index (χ1n) is 9.14. The zero-order valence-corrected chi connectivity index (χ0v) is 16.6. The van der Waals surface area contributed by atoms with E-state index >= 15 is 0 Å². The molecule has 150 valence electrons. The predicted octanol–water partition coefficient (Wildman–Crippen LogP) is 2.26. The van der Waals surface area contributed by atoms with Crippen molar-refractivity contribution >= 4 is 24.0 Å². The first kappa shape index (κ1) is 20.2. The molecule has 2 aliphatic rings. The summed E-state index contributed by atoms with van der Waals surface area (Å²) < 4.78 is 1.47. The van der Waals surface area contributed by atoms with Gasteiger partial charge in [0.2, 0.25) is 0 Å². The zero-order chi connectivity index (χ0) is 19.1. The second-order valence-electron chi connectivity index (χ2n) is 7.39. The number of non-ortho nitro benzene ring substituents is 1. The van der Waals surface area contributed by atoms with Crippen LogP contribution in [0.2, 0.25) is 0 Å². The standard InChI is InChI=1S/C18H22N6O3.ClH/c1-11-17(18(25)22(2)16-8-12-6-7-13(9-16)19-12)20-21-23(11)14-4-3-5-15(10-14)24(26)27;/h3-5,10,12-13,16,19H,6-9H2,1-2H3;1H. The third-order valence-electron chi connectivity index (χ3n) is 5.70. The van der Waals surface area contributed by atoms with Gasteiger partial charge in [-0.1, -0.05) is 11.3 Å². The summed E-state index contributed by atoms with van der Waals surface area (Å²) in [7, 11) is 1.82. The van der Waals surface area contributed by atoms with Crippen LogP contribution in [0.25, 0.3) is 5.69 Å². The highest BCUT2D eigenvalue weighted by Gasteiger charge is 2.37. The van der Waals surface area contributed by atoms with E-state index in [-0.39, 0.29) is 35.7 Å². The molecule has 9 nitrogen and oxygen atoms in total. The molecule has 0 spiro atoms. The van der Waals surface area contributed by atoms with Crippen LogP contribution in [0.5, 0.6) is 0 Å². The van der Waals surface area contributed by atoms with Crippen molar-refractivity contribution < 1.29 is 9.72 Å². The van der Waals surface area contributed by atoms with Crippen LogP contribution < -0.4 is 5.32 Å². The number of hydrogen-bond acceptors (Lipinski definition) is 6. The Labute approximate surface area is 168 Å². The molecule has 1 N–H and O–H groups in total. The summed E-state index contributed by atoms with van der Waals surface area (Å²) in [4.78, 5) is 25.3. The number of rotatable bonds is 4. The van der Waals surface area contributed by atoms with Crippen molar-refractivity contribution in [2.45, 2.75) is 50.7 Å². The quantitative estimate of drug-likeness (QED) is 0.616. The average Bonchev–Trinajstić information content (AvgIpc) is 3.22. The van der Waals surface area contributed by atoms with Gasteiger partial charge in [0.1, 0.15) is 0 Å². The number of carbonyl (C=O) groups is 1. The van der Waals surface area contributed by atoms with E-state index in [1.165, 1.54) is 29.7 Å². The minimum atomic E-state index is -0.457. The maximum Gasteiger partial charge on any atom is 0.276 e. The fourth-order valence-electron chi connectivity index (χ4n) is 4.19. The van der Waals surface area contributed by atoms with Crippen LogP contribution in [-0.4, -0.2) is 55.9 Å². The number of nitrogens with one attached hydrogen (secondary N) is 1. The van der Waals surface area contributed by atoms with Gasteiger partial charge in [-0.3, -0.25) is 14.9 Å². The van der Waals surface area contributed by atoms with Crippen molar-refractivity contribution in [3.8, 4) is 5.69 Å². The molecule has 0 saturated carbocycles. The highest BCUT2D eigenvalue weighted by Crippen LogP contribution is 2.30. The largest absolute Gasteiger partial charge is 0.337 e. The number of piperidine rings is 1. The summed E-state index contributed by atoms with van der Waals surface area (Å²) in [5, 5.41) is 22.7. The fraction of sp³-hybridized carbons (Fsp3) is 0.500. The molecule has 1 aromatic carbocycles. The highest BCUT2D eigenvalue weighted by molar-refractivity contribution is 5.93. The third kappa shape index (κ3) is 3.59. The van der Waals surface area contributed by atoms with E-state index in [0.29, 0.717) is 23.5 Å². The van der Waals surface area contributed by atoms with E-state index in [0.717, 1.165) is 12.8 Å². The number of nitrogens with zero attached hydrogens (tertiary/aromatic N) is 5. The van der Waals surface area contributed by atoms with Crippen molar-refractivity contribution in [2.24, 2.45) is 0 Å². The molecule has 28 heavy (non-hydrogen) atoms. The van der Waals surface area contributed by atoms with Gasteiger partial charge in [0.05, 0.1) is 16.3 Å². The van der Waals surface area contributed by atoms with Crippen LogP contribution in [0, 0.1) is 17.0 Å². The van der Waals surface area contributed by atoms with Gasteiger partial charge in [-0.25, -0.2) is 4.68 Å². The number of fused-ring (bicyclic) bond motifs is 2. The molecule has 10 heteroatoms. The Balaban J connectivity index is 0.00000225. The second kappa shape index (κ2) is 7.84.